The Kier molecular flexibility index (Phi) is 6.22. The summed E-state index contributed by atoms with van der Waals surface area (Å²) >= 11 is 5.39. The zero-order chi connectivity index (χ0) is 19.1. The van der Waals surface area contributed by atoms with Crippen LogP contribution in [0.2, 0.25) is 0 Å². The third kappa shape index (κ3) is 5.18. The van der Waals surface area contributed by atoms with Crippen LogP contribution < -0.4 is 20.1 Å². The first-order valence-corrected chi connectivity index (χ1v) is 8.96. The third-order valence-corrected chi connectivity index (χ3v) is 4.14. The van der Waals surface area contributed by atoms with Gasteiger partial charge in [-0.1, -0.05) is 42.5 Å². The Morgan fingerprint density at radius 2 is 1.67 bits per heavy atom. The molecule has 27 heavy (non-hydrogen) atoms. The zero-order valence-electron chi connectivity index (χ0n) is 15.2. The van der Waals surface area contributed by atoms with E-state index in [9.17, 15) is 0 Å². The second kappa shape index (κ2) is 9.00. The fourth-order valence-corrected chi connectivity index (χ4v) is 2.81. The van der Waals surface area contributed by atoms with Crippen LogP contribution in [0.5, 0.6) is 17.4 Å². The number of benzene rings is 2. The van der Waals surface area contributed by atoms with Crippen LogP contribution in [0, 0.1) is 0 Å². The molecule has 0 aliphatic rings. The maximum atomic E-state index is 5.77. The van der Waals surface area contributed by atoms with Crippen molar-refractivity contribution in [3.05, 3.63) is 78.5 Å². The van der Waals surface area contributed by atoms with Crippen LogP contribution in [0.25, 0.3) is 0 Å². The van der Waals surface area contributed by atoms with E-state index >= 15 is 0 Å². The van der Waals surface area contributed by atoms with Crippen LogP contribution in [0.1, 0.15) is 18.5 Å². The van der Waals surface area contributed by atoms with Crippen molar-refractivity contribution in [2.24, 2.45) is 0 Å². The Bertz CT molecular complexity index is 885. The molecule has 0 aliphatic heterocycles. The van der Waals surface area contributed by atoms with E-state index < -0.39 is 0 Å². The zero-order valence-corrected chi connectivity index (χ0v) is 16.0. The first-order valence-electron chi connectivity index (χ1n) is 8.55. The summed E-state index contributed by atoms with van der Waals surface area (Å²) in [5.74, 6) is 1.74. The molecule has 0 aliphatic carbocycles. The smallest absolute Gasteiger partial charge is 0.219 e. The van der Waals surface area contributed by atoms with E-state index in [-0.39, 0.29) is 6.04 Å². The van der Waals surface area contributed by atoms with Gasteiger partial charge in [-0.3, -0.25) is 0 Å². The van der Waals surface area contributed by atoms with E-state index in [1.54, 1.807) is 19.4 Å². The molecule has 6 heteroatoms. The Balaban J connectivity index is 1.58. The maximum Gasteiger partial charge on any atom is 0.219 e. The number of thiocarbonyl (C=S) groups is 1. The molecule has 3 aromatic rings. The summed E-state index contributed by atoms with van der Waals surface area (Å²) in [4.78, 5) is 4.31. The van der Waals surface area contributed by atoms with Gasteiger partial charge in [0, 0.05) is 6.07 Å². The van der Waals surface area contributed by atoms with Gasteiger partial charge in [-0.2, -0.15) is 0 Å². The van der Waals surface area contributed by atoms with E-state index in [2.05, 4.69) is 34.7 Å². The normalized spacial score (nSPS) is 11.3. The SMILES string of the molecule is COc1ccccc1Oc1ccc(NC(=S)NC(C)c2ccccc2)cn1. The first kappa shape index (κ1) is 18.7. The molecule has 0 amide bonds. The monoisotopic (exact) mass is 379 g/mol. The van der Waals surface area contributed by atoms with Crippen molar-refractivity contribution >= 4 is 23.0 Å². The van der Waals surface area contributed by atoms with Crippen LogP contribution in [-0.4, -0.2) is 17.2 Å². The summed E-state index contributed by atoms with van der Waals surface area (Å²) in [6.45, 7) is 2.06. The number of hydrogen-bond acceptors (Lipinski definition) is 4. The molecule has 0 radical (unpaired) electrons. The standard InChI is InChI=1S/C21H21N3O2S/c1-15(16-8-4-3-5-9-16)23-21(27)24-17-12-13-20(22-14-17)26-19-11-7-6-10-18(19)25-2/h3-15H,1-2H3,(H2,23,24,27). The highest BCUT2D eigenvalue weighted by Crippen LogP contribution is 2.30. The van der Waals surface area contributed by atoms with E-state index in [0.717, 1.165) is 5.69 Å². The highest BCUT2D eigenvalue weighted by molar-refractivity contribution is 7.80. The summed E-state index contributed by atoms with van der Waals surface area (Å²) in [6.07, 6.45) is 1.67. The van der Waals surface area contributed by atoms with Crippen LogP contribution in [0.15, 0.2) is 72.9 Å². The molecule has 0 saturated heterocycles. The average Bonchev–Trinajstić information content (AvgIpc) is 2.70. The van der Waals surface area contributed by atoms with Gasteiger partial charge in [0.15, 0.2) is 16.6 Å². The molecule has 0 spiro atoms. The number of aromatic nitrogens is 1. The molecule has 5 nitrogen and oxygen atoms in total. The van der Waals surface area contributed by atoms with Crippen molar-refractivity contribution in [3.63, 3.8) is 0 Å². The minimum absolute atomic E-state index is 0.104. The highest BCUT2D eigenvalue weighted by Gasteiger charge is 2.08. The highest BCUT2D eigenvalue weighted by atomic mass is 32.1. The lowest BCUT2D eigenvalue weighted by Gasteiger charge is -2.17. The molecule has 0 fully saturated rings. The van der Waals surface area contributed by atoms with Crippen LogP contribution in [0.4, 0.5) is 5.69 Å². The number of para-hydroxylation sites is 2. The fraction of sp³-hybridized carbons (Fsp3) is 0.143. The number of methoxy groups -OCH3 is 1. The van der Waals surface area contributed by atoms with Gasteiger partial charge in [-0.25, -0.2) is 4.98 Å². The number of nitrogens with one attached hydrogen (secondary N) is 2. The molecule has 2 aromatic carbocycles. The molecule has 2 N–H and O–H groups in total. The molecule has 0 bridgehead atoms. The van der Waals surface area contributed by atoms with Gasteiger partial charge in [0.1, 0.15) is 0 Å². The van der Waals surface area contributed by atoms with E-state index in [1.807, 2.05) is 48.5 Å². The molecule has 3 rings (SSSR count). The van der Waals surface area contributed by atoms with Crippen molar-refractivity contribution < 1.29 is 9.47 Å². The number of ether oxygens (including phenoxy) is 2. The quantitative estimate of drug-likeness (QED) is 0.592. The van der Waals surface area contributed by atoms with Gasteiger partial charge >= 0.3 is 0 Å². The van der Waals surface area contributed by atoms with Crippen LogP contribution in [0.3, 0.4) is 0 Å². The molecule has 1 unspecified atom stereocenters. The predicted octanol–water partition coefficient (Wildman–Crippen LogP) is 4.93. The molecular weight excluding hydrogens is 358 g/mol. The number of rotatable bonds is 6. The molecule has 138 valence electrons. The minimum Gasteiger partial charge on any atom is -0.493 e. The van der Waals surface area contributed by atoms with Gasteiger partial charge in [-0.05, 0) is 42.9 Å². The third-order valence-electron chi connectivity index (χ3n) is 3.92. The van der Waals surface area contributed by atoms with Gasteiger partial charge in [0.2, 0.25) is 5.88 Å². The Hall–Kier alpha value is -3.12. The van der Waals surface area contributed by atoms with E-state index in [0.29, 0.717) is 22.5 Å². The lowest BCUT2D eigenvalue weighted by molar-refractivity contribution is 0.374. The molecule has 1 atom stereocenters. The predicted molar refractivity (Wildman–Crippen MR) is 112 cm³/mol. The van der Waals surface area contributed by atoms with E-state index in [4.69, 9.17) is 21.7 Å². The summed E-state index contributed by atoms with van der Waals surface area (Å²) < 4.78 is 11.0. The first-order chi connectivity index (χ1) is 13.2. The lowest BCUT2D eigenvalue weighted by atomic mass is 10.1. The van der Waals surface area contributed by atoms with Crippen LogP contribution in [-0.2, 0) is 0 Å². The second-order valence-corrected chi connectivity index (χ2v) is 6.28. The van der Waals surface area contributed by atoms with Crippen molar-refractivity contribution in [1.29, 1.82) is 0 Å². The molecular formula is C21H21N3O2S. The number of nitrogens with zero attached hydrogens (tertiary/aromatic N) is 1. The number of hydrogen-bond donors (Lipinski definition) is 2. The summed E-state index contributed by atoms with van der Waals surface area (Å²) in [5, 5.41) is 6.93. The van der Waals surface area contributed by atoms with Crippen LogP contribution >= 0.6 is 12.2 Å². The number of pyridine rings is 1. The summed E-state index contributed by atoms with van der Waals surface area (Å²) in [6, 6.07) is 21.3. The second-order valence-electron chi connectivity index (χ2n) is 5.87. The summed E-state index contributed by atoms with van der Waals surface area (Å²) in [5.41, 5.74) is 1.94. The topological polar surface area (TPSA) is 55.4 Å². The molecule has 1 aromatic heterocycles. The molecule has 0 saturated carbocycles. The van der Waals surface area contributed by atoms with Gasteiger partial charge in [-0.15, -0.1) is 0 Å². The maximum absolute atomic E-state index is 5.77. The van der Waals surface area contributed by atoms with Crippen molar-refractivity contribution in [3.8, 4) is 17.4 Å². The average molecular weight is 379 g/mol. The summed E-state index contributed by atoms with van der Waals surface area (Å²) in [7, 11) is 1.60. The van der Waals surface area contributed by atoms with Crippen molar-refractivity contribution in [2.45, 2.75) is 13.0 Å². The fourth-order valence-electron chi connectivity index (χ4n) is 2.52. The van der Waals surface area contributed by atoms with E-state index in [1.165, 1.54) is 5.56 Å². The van der Waals surface area contributed by atoms with Gasteiger partial charge in [0.05, 0.1) is 25.0 Å². The Labute approximate surface area is 164 Å². The number of anilines is 1. The Morgan fingerprint density at radius 1 is 0.963 bits per heavy atom. The van der Waals surface area contributed by atoms with Crippen molar-refractivity contribution in [2.75, 3.05) is 12.4 Å². The lowest BCUT2D eigenvalue weighted by Crippen LogP contribution is -2.30. The van der Waals surface area contributed by atoms with Gasteiger partial charge < -0.3 is 20.1 Å². The van der Waals surface area contributed by atoms with Crippen molar-refractivity contribution in [1.82, 2.24) is 10.3 Å². The molecule has 1 heterocycles. The largest absolute Gasteiger partial charge is 0.493 e. The van der Waals surface area contributed by atoms with Gasteiger partial charge in [0.25, 0.3) is 0 Å². The minimum atomic E-state index is 0.104. The Morgan fingerprint density at radius 3 is 2.33 bits per heavy atom.